The van der Waals surface area contributed by atoms with Crippen molar-refractivity contribution in [1.29, 1.82) is 0 Å². The van der Waals surface area contributed by atoms with Crippen LogP contribution in [0.1, 0.15) is 27.6 Å². The molecule has 3 amide bonds. The second-order valence-electron chi connectivity index (χ2n) is 9.25. The highest BCUT2D eigenvalue weighted by Crippen LogP contribution is 2.35. The van der Waals surface area contributed by atoms with Gasteiger partial charge in [-0.2, -0.15) is 0 Å². The number of morpholine rings is 1. The fraction of sp³-hybridized carbons (Fsp3) is 0.276. The summed E-state index contributed by atoms with van der Waals surface area (Å²) in [6.45, 7) is 1.75. The van der Waals surface area contributed by atoms with Crippen LogP contribution in [0.5, 0.6) is 5.75 Å². The van der Waals surface area contributed by atoms with Gasteiger partial charge in [-0.3, -0.25) is 14.5 Å². The SMILES string of the molecule is COc1ccc(C(=O)Nc2ccc([C@H]3OC(=O)N(Cc4ccc(F)cc4)[C@H]3C(=O)N3CCOCC3)cc2)cc1. The molecule has 2 saturated heterocycles. The number of rotatable bonds is 7. The van der Waals surface area contributed by atoms with Crippen molar-refractivity contribution in [3.05, 3.63) is 95.3 Å². The summed E-state index contributed by atoms with van der Waals surface area (Å²) in [5.41, 5.74) is 2.30. The average molecular weight is 534 g/mol. The molecule has 2 aliphatic rings. The van der Waals surface area contributed by atoms with Gasteiger partial charge in [0.2, 0.25) is 5.91 Å². The third-order valence-corrected chi connectivity index (χ3v) is 6.78. The third kappa shape index (κ3) is 5.85. The summed E-state index contributed by atoms with van der Waals surface area (Å²) < 4.78 is 29.7. The smallest absolute Gasteiger partial charge is 0.411 e. The van der Waals surface area contributed by atoms with Crippen LogP contribution in [-0.2, 0) is 20.8 Å². The Morgan fingerprint density at radius 2 is 1.64 bits per heavy atom. The van der Waals surface area contributed by atoms with E-state index >= 15 is 0 Å². The zero-order valence-electron chi connectivity index (χ0n) is 21.3. The average Bonchev–Trinajstić information content (AvgIpc) is 3.30. The molecular formula is C29H28FN3O6. The number of benzene rings is 3. The number of hydrogen-bond donors (Lipinski definition) is 1. The second-order valence-corrected chi connectivity index (χ2v) is 9.25. The summed E-state index contributed by atoms with van der Waals surface area (Å²) >= 11 is 0. The second kappa shape index (κ2) is 11.5. The molecule has 2 heterocycles. The molecule has 3 aromatic rings. The van der Waals surface area contributed by atoms with Crippen molar-refractivity contribution in [3.63, 3.8) is 0 Å². The van der Waals surface area contributed by atoms with Gasteiger partial charge >= 0.3 is 6.09 Å². The van der Waals surface area contributed by atoms with E-state index in [0.717, 1.165) is 0 Å². The number of hydrogen-bond acceptors (Lipinski definition) is 6. The molecule has 39 heavy (non-hydrogen) atoms. The predicted octanol–water partition coefficient (Wildman–Crippen LogP) is 4.01. The topological polar surface area (TPSA) is 97.4 Å². The number of amides is 3. The van der Waals surface area contributed by atoms with Crippen LogP contribution in [-0.4, -0.2) is 67.2 Å². The minimum atomic E-state index is -0.916. The first-order valence-electron chi connectivity index (χ1n) is 12.6. The molecule has 0 unspecified atom stereocenters. The molecule has 10 heteroatoms. The molecule has 0 aliphatic carbocycles. The first-order chi connectivity index (χ1) is 18.9. The van der Waals surface area contributed by atoms with Gasteiger partial charge in [-0.05, 0) is 59.7 Å². The molecule has 1 N–H and O–H groups in total. The number of nitrogens with one attached hydrogen (secondary N) is 1. The molecule has 5 rings (SSSR count). The van der Waals surface area contributed by atoms with E-state index in [1.165, 1.54) is 17.0 Å². The van der Waals surface area contributed by atoms with Crippen LogP contribution in [0.2, 0.25) is 0 Å². The Morgan fingerprint density at radius 3 is 2.28 bits per heavy atom. The summed E-state index contributed by atoms with van der Waals surface area (Å²) in [5.74, 6) is -0.269. The highest BCUT2D eigenvalue weighted by Gasteiger charge is 2.48. The Hall–Kier alpha value is -4.44. The number of ether oxygens (including phenoxy) is 3. The van der Waals surface area contributed by atoms with Crippen molar-refractivity contribution in [3.8, 4) is 5.75 Å². The largest absolute Gasteiger partial charge is 0.497 e. The first kappa shape index (κ1) is 26.2. The van der Waals surface area contributed by atoms with Gasteiger partial charge in [-0.15, -0.1) is 0 Å². The number of nitrogens with zero attached hydrogens (tertiary/aromatic N) is 2. The molecule has 0 bridgehead atoms. The molecule has 9 nitrogen and oxygen atoms in total. The summed E-state index contributed by atoms with van der Waals surface area (Å²) in [4.78, 5) is 42.4. The monoisotopic (exact) mass is 533 g/mol. The quantitative estimate of drug-likeness (QED) is 0.493. The van der Waals surface area contributed by atoms with Crippen LogP contribution < -0.4 is 10.1 Å². The Balaban J connectivity index is 1.36. The van der Waals surface area contributed by atoms with Crippen molar-refractivity contribution >= 4 is 23.6 Å². The van der Waals surface area contributed by atoms with Crippen LogP contribution in [0, 0.1) is 5.82 Å². The number of anilines is 1. The van der Waals surface area contributed by atoms with Crippen LogP contribution >= 0.6 is 0 Å². The van der Waals surface area contributed by atoms with E-state index in [9.17, 15) is 18.8 Å². The van der Waals surface area contributed by atoms with E-state index in [0.29, 0.717) is 54.4 Å². The fourth-order valence-electron chi connectivity index (χ4n) is 4.65. The van der Waals surface area contributed by atoms with Gasteiger partial charge in [0.15, 0.2) is 12.1 Å². The molecule has 2 aliphatic heterocycles. The van der Waals surface area contributed by atoms with E-state index in [-0.39, 0.29) is 24.2 Å². The molecule has 2 atom stereocenters. The zero-order chi connectivity index (χ0) is 27.4. The van der Waals surface area contributed by atoms with Crippen molar-refractivity contribution < 1.29 is 33.0 Å². The number of cyclic esters (lactones) is 1. The zero-order valence-corrected chi connectivity index (χ0v) is 21.3. The summed E-state index contributed by atoms with van der Waals surface area (Å²) in [7, 11) is 1.55. The van der Waals surface area contributed by atoms with Crippen LogP contribution in [0.25, 0.3) is 0 Å². The van der Waals surface area contributed by atoms with Crippen molar-refractivity contribution in [1.82, 2.24) is 9.80 Å². The van der Waals surface area contributed by atoms with Crippen LogP contribution in [0.4, 0.5) is 14.9 Å². The predicted molar refractivity (Wildman–Crippen MR) is 140 cm³/mol. The Morgan fingerprint density at radius 1 is 0.974 bits per heavy atom. The van der Waals surface area contributed by atoms with E-state index < -0.39 is 18.2 Å². The van der Waals surface area contributed by atoms with Gasteiger partial charge in [0.05, 0.1) is 26.9 Å². The molecule has 0 radical (unpaired) electrons. The lowest BCUT2D eigenvalue weighted by Crippen LogP contribution is -2.51. The van der Waals surface area contributed by atoms with Gasteiger partial charge in [-0.1, -0.05) is 24.3 Å². The fourth-order valence-corrected chi connectivity index (χ4v) is 4.65. The number of carbonyl (C=O) groups excluding carboxylic acids is 3. The molecule has 0 spiro atoms. The van der Waals surface area contributed by atoms with Crippen LogP contribution in [0.15, 0.2) is 72.8 Å². The lowest BCUT2D eigenvalue weighted by molar-refractivity contribution is -0.141. The molecule has 2 fully saturated rings. The minimum Gasteiger partial charge on any atom is -0.497 e. The lowest BCUT2D eigenvalue weighted by atomic mass is 9.99. The van der Waals surface area contributed by atoms with Gasteiger partial charge < -0.3 is 24.4 Å². The van der Waals surface area contributed by atoms with E-state index in [4.69, 9.17) is 14.2 Å². The Labute approximate surface area is 225 Å². The van der Waals surface area contributed by atoms with Gasteiger partial charge in [0.1, 0.15) is 11.6 Å². The highest BCUT2D eigenvalue weighted by molar-refractivity contribution is 6.04. The maximum atomic E-state index is 13.7. The third-order valence-electron chi connectivity index (χ3n) is 6.78. The normalized spacial score (nSPS) is 19.0. The number of methoxy groups -OCH3 is 1. The maximum absolute atomic E-state index is 13.7. The number of halogens is 1. The molecule has 202 valence electrons. The van der Waals surface area contributed by atoms with E-state index in [1.807, 2.05) is 0 Å². The highest BCUT2D eigenvalue weighted by atomic mass is 19.1. The van der Waals surface area contributed by atoms with E-state index in [2.05, 4.69) is 5.32 Å². The van der Waals surface area contributed by atoms with Crippen molar-refractivity contribution in [2.24, 2.45) is 0 Å². The first-order valence-corrected chi connectivity index (χ1v) is 12.6. The van der Waals surface area contributed by atoms with Gasteiger partial charge in [0.25, 0.3) is 5.91 Å². The van der Waals surface area contributed by atoms with Crippen molar-refractivity contribution in [2.45, 2.75) is 18.7 Å². The van der Waals surface area contributed by atoms with Gasteiger partial charge in [-0.25, -0.2) is 9.18 Å². The summed E-state index contributed by atoms with van der Waals surface area (Å²) in [5, 5.41) is 2.84. The number of carbonyl (C=O) groups is 3. The van der Waals surface area contributed by atoms with Crippen LogP contribution in [0.3, 0.4) is 0 Å². The van der Waals surface area contributed by atoms with Crippen molar-refractivity contribution in [2.75, 3.05) is 38.7 Å². The minimum absolute atomic E-state index is 0.0896. The summed E-state index contributed by atoms with van der Waals surface area (Å²) in [6.07, 6.45) is -1.49. The molecule has 3 aromatic carbocycles. The lowest BCUT2D eigenvalue weighted by Gasteiger charge is -2.32. The Kier molecular flexibility index (Phi) is 7.74. The summed E-state index contributed by atoms with van der Waals surface area (Å²) in [6, 6.07) is 18.4. The van der Waals surface area contributed by atoms with Gasteiger partial charge in [0, 0.05) is 24.3 Å². The molecule has 0 aromatic heterocycles. The molecule has 0 saturated carbocycles. The standard InChI is InChI=1S/C29H28FN3O6/c1-37-24-12-6-21(7-13-24)27(34)31-23-10-4-20(5-11-23)26-25(28(35)32-14-16-38-17-15-32)33(29(36)39-26)18-19-2-8-22(30)9-3-19/h2-13,25-26H,14-18H2,1H3,(H,31,34)/t25-,26-/m1/s1. The maximum Gasteiger partial charge on any atom is 0.411 e. The molecular weight excluding hydrogens is 505 g/mol. The van der Waals surface area contributed by atoms with E-state index in [1.54, 1.807) is 72.7 Å². The Bertz CT molecular complexity index is 1320.